The number of fused-ring (bicyclic) bond motifs is 5. The van der Waals surface area contributed by atoms with Gasteiger partial charge < -0.3 is 19.9 Å². The Morgan fingerprint density at radius 2 is 1.97 bits per heavy atom. The molecule has 0 atom stereocenters. The molecule has 0 saturated carbocycles. The Morgan fingerprint density at radius 3 is 2.67 bits per heavy atom. The minimum atomic E-state index is -0.117. The quantitative estimate of drug-likeness (QED) is 0.694. The number of amides is 1. The molecular weight excluding hydrogens is 376 g/mol. The highest BCUT2D eigenvalue weighted by molar-refractivity contribution is 6.01. The number of pyridine rings is 1. The molecular formula is C24H24N4O2. The number of nitrogens with zero attached hydrogens (tertiary/aromatic N) is 2. The minimum absolute atomic E-state index is 0.0856. The van der Waals surface area contributed by atoms with Crippen LogP contribution in [0.4, 0.5) is 0 Å². The summed E-state index contributed by atoms with van der Waals surface area (Å²) in [4.78, 5) is 17.8. The Morgan fingerprint density at radius 1 is 1.17 bits per heavy atom. The average Bonchev–Trinajstić information content (AvgIpc) is 3.05. The Hall–Kier alpha value is -3.12. The molecule has 1 amide bonds. The molecule has 1 spiro atoms. The number of carbonyl (C=O) groups is 1. The number of ether oxygens (including phenoxy) is 1. The summed E-state index contributed by atoms with van der Waals surface area (Å²) in [7, 11) is 3.78. The van der Waals surface area contributed by atoms with Crippen LogP contribution in [-0.4, -0.2) is 41.2 Å². The second-order valence-corrected chi connectivity index (χ2v) is 8.68. The van der Waals surface area contributed by atoms with Gasteiger partial charge in [-0.25, -0.2) is 0 Å². The third-order valence-electron chi connectivity index (χ3n) is 6.93. The van der Waals surface area contributed by atoms with E-state index in [0.717, 1.165) is 54.9 Å². The summed E-state index contributed by atoms with van der Waals surface area (Å²) in [6, 6.07) is 10.2. The number of rotatable bonds is 2. The maximum atomic E-state index is 13.1. The van der Waals surface area contributed by atoms with Gasteiger partial charge in [0.15, 0.2) is 0 Å². The topological polar surface area (TPSA) is 68.2 Å². The van der Waals surface area contributed by atoms with E-state index in [2.05, 4.69) is 28.3 Å². The smallest absolute Gasteiger partial charge is 0.253 e. The van der Waals surface area contributed by atoms with Crippen LogP contribution in [0.5, 0.6) is 5.75 Å². The summed E-state index contributed by atoms with van der Waals surface area (Å²) >= 11 is 0. The van der Waals surface area contributed by atoms with E-state index in [9.17, 15) is 4.79 Å². The van der Waals surface area contributed by atoms with Crippen molar-refractivity contribution in [2.24, 2.45) is 7.05 Å². The largest absolute Gasteiger partial charge is 0.497 e. The van der Waals surface area contributed by atoms with Crippen molar-refractivity contribution < 1.29 is 9.53 Å². The van der Waals surface area contributed by atoms with Crippen molar-refractivity contribution in [1.82, 2.24) is 20.2 Å². The lowest BCUT2D eigenvalue weighted by molar-refractivity contribution is 0.0824. The number of methoxy groups -OCH3 is 1. The molecule has 2 N–H and O–H groups in total. The molecule has 3 aromatic rings. The van der Waals surface area contributed by atoms with Crippen molar-refractivity contribution in [2.75, 3.05) is 20.2 Å². The lowest BCUT2D eigenvalue weighted by Crippen LogP contribution is -2.71. The van der Waals surface area contributed by atoms with Gasteiger partial charge in [0.2, 0.25) is 0 Å². The average molecular weight is 400 g/mol. The molecule has 1 fully saturated rings. The predicted octanol–water partition coefficient (Wildman–Crippen LogP) is 2.49. The van der Waals surface area contributed by atoms with Crippen LogP contribution in [0.15, 0.2) is 36.5 Å². The first-order valence-electron chi connectivity index (χ1n) is 10.5. The van der Waals surface area contributed by atoms with Gasteiger partial charge in [-0.1, -0.05) is 0 Å². The van der Waals surface area contributed by atoms with Gasteiger partial charge in [0, 0.05) is 49.6 Å². The molecule has 0 bridgehead atoms. The second-order valence-electron chi connectivity index (χ2n) is 8.68. The van der Waals surface area contributed by atoms with E-state index >= 15 is 0 Å². The standard InChI is InChI=1S/C24H24N4O2/c1-28-20-10-24(12-25-13-24)27-23(29)21(20)17-8-5-15-11-26-19(9-18(15)22(17)28)14-3-6-16(30-2)7-4-14/h3-4,6-7,9,11,25H,5,8,10,12-13H2,1-2H3,(H,27,29). The van der Waals surface area contributed by atoms with Crippen molar-refractivity contribution in [1.29, 1.82) is 0 Å². The number of hydrogen-bond acceptors (Lipinski definition) is 4. The summed E-state index contributed by atoms with van der Waals surface area (Å²) < 4.78 is 7.54. The summed E-state index contributed by atoms with van der Waals surface area (Å²) in [5.74, 6) is 0.919. The van der Waals surface area contributed by atoms with E-state index in [1.54, 1.807) is 7.11 Å². The van der Waals surface area contributed by atoms with Gasteiger partial charge >= 0.3 is 0 Å². The molecule has 152 valence electrons. The highest BCUT2D eigenvalue weighted by Gasteiger charge is 2.46. The molecule has 6 heteroatoms. The fourth-order valence-electron chi connectivity index (χ4n) is 5.25. The van der Waals surface area contributed by atoms with Crippen LogP contribution in [0.1, 0.15) is 27.2 Å². The van der Waals surface area contributed by atoms with Gasteiger partial charge in [0.05, 0.1) is 29.6 Å². The molecule has 2 aliphatic heterocycles. The zero-order valence-corrected chi connectivity index (χ0v) is 17.2. The van der Waals surface area contributed by atoms with Gasteiger partial charge in [-0.3, -0.25) is 9.78 Å². The number of carbonyl (C=O) groups excluding carboxylic acids is 1. The second kappa shape index (κ2) is 6.19. The number of aryl methyl sites for hydroxylation is 1. The van der Waals surface area contributed by atoms with E-state index in [-0.39, 0.29) is 11.4 Å². The summed E-state index contributed by atoms with van der Waals surface area (Å²) in [5, 5.41) is 6.59. The van der Waals surface area contributed by atoms with Crippen LogP contribution in [0.3, 0.4) is 0 Å². The maximum absolute atomic E-state index is 13.1. The Labute approximate surface area is 175 Å². The molecule has 1 aliphatic carbocycles. The first-order chi connectivity index (χ1) is 14.6. The van der Waals surface area contributed by atoms with E-state index < -0.39 is 0 Å². The molecule has 0 unspecified atom stereocenters. The number of aromatic nitrogens is 2. The third kappa shape index (κ3) is 2.40. The Kier molecular flexibility index (Phi) is 3.65. The zero-order chi connectivity index (χ0) is 20.5. The molecule has 3 aliphatic rings. The molecule has 6 rings (SSSR count). The van der Waals surface area contributed by atoms with Gasteiger partial charge in [-0.15, -0.1) is 0 Å². The van der Waals surface area contributed by atoms with Gasteiger partial charge in [0.1, 0.15) is 5.75 Å². The van der Waals surface area contributed by atoms with Gasteiger partial charge in [0.25, 0.3) is 5.91 Å². The van der Waals surface area contributed by atoms with Crippen LogP contribution in [-0.2, 0) is 26.3 Å². The normalized spacial score (nSPS) is 18.1. The highest BCUT2D eigenvalue weighted by atomic mass is 16.5. The van der Waals surface area contributed by atoms with Gasteiger partial charge in [-0.2, -0.15) is 0 Å². The molecule has 1 saturated heterocycles. The predicted molar refractivity (Wildman–Crippen MR) is 115 cm³/mol. The fraction of sp³-hybridized carbons (Fsp3) is 0.333. The molecule has 1 aromatic carbocycles. The molecule has 30 heavy (non-hydrogen) atoms. The van der Waals surface area contributed by atoms with Gasteiger partial charge in [-0.05, 0) is 54.3 Å². The summed E-state index contributed by atoms with van der Waals surface area (Å²) in [6.45, 7) is 1.69. The molecule has 4 heterocycles. The van der Waals surface area contributed by atoms with E-state index in [4.69, 9.17) is 9.72 Å². The maximum Gasteiger partial charge on any atom is 0.253 e. The third-order valence-corrected chi connectivity index (χ3v) is 6.93. The molecule has 6 nitrogen and oxygen atoms in total. The molecule has 0 radical (unpaired) electrons. The van der Waals surface area contributed by atoms with Crippen LogP contribution in [0.25, 0.3) is 22.5 Å². The first-order valence-corrected chi connectivity index (χ1v) is 10.5. The monoisotopic (exact) mass is 400 g/mol. The summed E-state index contributed by atoms with van der Waals surface area (Å²) in [6.07, 6.45) is 4.68. The summed E-state index contributed by atoms with van der Waals surface area (Å²) in [5.41, 5.74) is 8.76. The van der Waals surface area contributed by atoms with Crippen molar-refractivity contribution in [3.05, 3.63) is 58.9 Å². The zero-order valence-electron chi connectivity index (χ0n) is 17.2. The Bertz CT molecular complexity index is 1190. The van der Waals surface area contributed by atoms with Crippen LogP contribution in [0, 0.1) is 0 Å². The van der Waals surface area contributed by atoms with Crippen molar-refractivity contribution >= 4 is 5.91 Å². The number of benzene rings is 1. The first kappa shape index (κ1) is 17.7. The number of nitrogens with one attached hydrogen (secondary N) is 2. The van der Waals surface area contributed by atoms with Crippen molar-refractivity contribution in [3.8, 4) is 28.3 Å². The lowest BCUT2D eigenvalue weighted by atomic mass is 9.81. The van der Waals surface area contributed by atoms with E-state index in [0.29, 0.717) is 0 Å². The van der Waals surface area contributed by atoms with Crippen LogP contribution in [0.2, 0.25) is 0 Å². The lowest BCUT2D eigenvalue weighted by Gasteiger charge is -2.45. The fourth-order valence-corrected chi connectivity index (χ4v) is 5.25. The van der Waals surface area contributed by atoms with Crippen LogP contribution < -0.4 is 15.4 Å². The SMILES string of the molecule is COc1ccc(-c2cc3c(cn2)CCc2c4c(n(C)c2-3)CC2(CNC2)NC4=O)cc1. The van der Waals surface area contributed by atoms with E-state index in [1.807, 2.05) is 30.5 Å². The number of hydrogen-bond donors (Lipinski definition) is 2. The van der Waals surface area contributed by atoms with Crippen LogP contribution >= 0.6 is 0 Å². The minimum Gasteiger partial charge on any atom is -0.497 e. The Balaban J connectivity index is 1.49. The highest BCUT2D eigenvalue weighted by Crippen LogP contribution is 2.42. The van der Waals surface area contributed by atoms with Crippen molar-refractivity contribution in [3.63, 3.8) is 0 Å². The van der Waals surface area contributed by atoms with Crippen molar-refractivity contribution in [2.45, 2.75) is 24.8 Å². The molecule has 2 aromatic heterocycles. The van der Waals surface area contributed by atoms with E-state index in [1.165, 1.54) is 28.1 Å².